The summed E-state index contributed by atoms with van der Waals surface area (Å²) in [4.78, 5) is 67.3. The summed E-state index contributed by atoms with van der Waals surface area (Å²) in [6.45, 7) is 10.7. The number of nitrogens with one attached hydrogen (secondary N) is 3. The van der Waals surface area contributed by atoms with E-state index >= 15 is 0 Å². The minimum absolute atomic E-state index is 0.0184. The average Bonchev–Trinajstić information content (AvgIpc) is 3.77. The molecule has 5 N–H and O–H groups in total. The number of unbranched alkanes of at least 4 members (excludes halogenated alkanes) is 1. The molecule has 13 heteroatoms. The fourth-order valence-corrected chi connectivity index (χ4v) is 8.61. The molecular weight excluding hydrogens is 775 g/mol. The third-order valence-corrected chi connectivity index (χ3v) is 11.9. The van der Waals surface area contributed by atoms with Crippen LogP contribution in [0.2, 0.25) is 0 Å². The van der Waals surface area contributed by atoms with Crippen LogP contribution in [0.25, 0.3) is 11.1 Å². The molecule has 328 valence electrons. The molecule has 5 amide bonds. The van der Waals surface area contributed by atoms with Gasteiger partial charge in [0.05, 0.1) is 18.8 Å². The van der Waals surface area contributed by atoms with Crippen LogP contribution in [0.15, 0.2) is 72.8 Å². The summed E-state index contributed by atoms with van der Waals surface area (Å²) < 4.78 is 17.4. The number of fused-ring (bicyclic) bond motifs is 4. The van der Waals surface area contributed by atoms with Crippen molar-refractivity contribution in [1.82, 2.24) is 20.9 Å². The fourth-order valence-electron chi connectivity index (χ4n) is 8.61. The Labute approximate surface area is 359 Å². The predicted molar refractivity (Wildman–Crippen MR) is 232 cm³/mol. The van der Waals surface area contributed by atoms with Gasteiger partial charge in [0.25, 0.3) is 0 Å². The number of rotatable bonds is 20. The second kappa shape index (κ2) is 20.4. The van der Waals surface area contributed by atoms with Crippen LogP contribution in [0.4, 0.5) is 9.59 Å². The summed E-state index contributed by atoms with van der Waals surface area (Å²) in [7, 11) is 0. The van der Waals surface area contributed by atoms with Crippen LogP contribution in [0.5, 0.6) is 0 Å². The first-order valence-electron chi connectivity index (χ1n) is 21.9. The molecule has 0 aromatic heterocycles. The van der Waals surface area contributed by atoms with Crippen molar-refractivity contribution >= 4 is 29.9 Å². The number of hydrogen-bond donors (Lipinski definition) is 4. The van der Waals surface area contributed by atoms with Crippen molar-refractivity contribution < 1.29 is 38.2 Å². The SMILES string of the molecule is CCCC[C@H](NC(=O)OCC1c2ccccc2-c2ccccc21)C(=O)N1C[C@H]2C[C@H]2[C@H]1C(=O)N[C@@H](CCC(N)=O)[C@@H](C)OCc1ccc(CCCNC(=O)OC(C)(C)C)cc1. The first-order chi connectivity index (χ1) is 29.2. The van der Waals surface area contributed by atoms with Crippen molar-refractivity contribution in [2.24, 2.45) is 17.6 Å². The quantitative estimate of drug-likeness (QED) is 0.0904. The Bertz CT molecular complexity index is 1970. The van der Waals surface area contributed by atoms with Crippen molar-refractivity contribution in [3.63, 3.8) is 0 Å². The van der Waals surface area contributed by atoms with E-state index in [1.807, 2.05) is 83.1 Å². The zero-order chi connectivity index (χ0) is 43.7. The first kappa shape index (κ1) is 45.1. The summed E-state index contributed by atoms with van der Waals surface area (Å²) in [5.74, 6) is -0.970. The number of ether oxygens (including phenoxy) is 3. The van der Waals surface area contributed by atoms with E-state index in [0.717, 1.165) is 59.1 Å². The summed E-state index contributed by atoms with van der Waals surface area (Å²) in [6, 6.07) is 22.2. The van der Waals surface area contributed by atoms with E-state index in [4.69, 9.17) is 19.9 Å². The van der Waals surface area contributed by atoms with E-state index in [9.17, 15) is 24.0 Å². The number of nitrogens with zero attached hydrogens (tertiary/aromatic N) is 1. The first-order valence-corrected chi connectivity index (χ1v) is 21.9. The molecule has 6 rings (SSSR count). The standard InChI is InChI=1S/C48H63N5O8/c1-6-7-18-41(52-47(58)60-29-39-36-16-10-8-14-34(36)35-15-9-11-17-37(35)39)45(56)53-27-33-26-38(33)43(53)44(55)51-40(23-24-42(49)54)30(2)59-28-32-21-19-31(20-22-32)13-12-25-50-46(57)61-48(3,4)5/h8-11,14-17,19-22,30,33,38-41,43H,6-7,12-13,18,23-29H2,1-5H3,(H2,49,54)(H,50,57)(H,51,55)(H,52,58)/t30-,33-,38-,40+,41+,43+/m1/s1. The molecule has 0 radical (unpaired) electrons. The third kappa shape index (κ3) is 12.1. The summed E-state index contributed by atoms with van der Waals surface area (Å²) in [5.41, 5.74) is 11.5. The minimum atomic E-state index is -0.850. The lowest BCUT2D eigenvalue weighted by atomic mass is 9.98. The Morgan fingerprint density at radius 2 is 1.51 bits per heavy atom. The Hall–Kier alpha value is -5.43. The van der Waals surface area contributed by atoms with E-state index in [1.165, 1.54) is 0 Å². The molecule has 3 aliphatic rings. The summed E-state index contributed by atoms with van der Waals surface area (Å²) >= 11 is 0. The number of carbonyl (C=O) groups is 5. The zero-order valence-corrected chi connectivity index (χ0v) is 36.2. The van der Waals surface area contributed by atoms with Crippen LogP contribution < -0.4 is 21.7 Å². The van der Waals surface area contributed by atoms with Crippen molar-refractivity contribution in [3.8, 4) is 11.1 Å². The number of aryl methyl sites for hydroxylation is 1. The number of benzene rings is 3. The molecule has 3 aromatic rings. The lowest BCUT2D eigenvalue weighted by Crippen LogP contribution is -2.57. The predicted octanol–water partition coefficient (Wildman–Crippen LogP) is 6.74. The number of hydrogen-bond acceptors (Lipinski definition) is 8. The van der Waals surface area contributed by atoms with Gasteiger partial charge in [0.2, 0.25) is 17.7 Å². The van der Waals surface area contributed by atoms with E-state index in [1.54, 1.807) is 4.90 Å². The maximum absolute atomic E-state index is 14.3. The highest BCUT2D eigenvalue weighted by Gasteiger charge is 2.57. The maximum Gasteiger partial charge on any atom is 0.407 e. The van der Waals surface area contributed by atoms with Crippen LogP contribution >= 0.6 is 0 Å². The molecule has 0 bridgehead atoms. The number of primary amides is 1. The van der Waals surface area contributed by atoms with E-state index in [2.05, 4.69) is 40.2 Å². The smallest absolute Gasteiger partial charge is 0.407 e. The van der Waals surface area contributed by atoms with Gasteiger partial charge in [-0.25, -0.2) is 9.59 Å². The highest BCUT2D eigenvalue weighted by molar-refractivity contribution is 5.93. The number of alkyl carbamates (subject to hydrolysis) is 2. The Morgan fingerprint density at radius 3 is 2.15 bits per heavy atom. The van der Waals surface area contributed by atoms with E-state index < -0.39 is 47.9 Å². The van der Waals surface area contributed by atoms with E-state index in [0.29, 0.717) is 25.9 Å². The molecule has 2 aliphatic carbocycles. The van der Waals surface area contributed by atoms with Gasteiger partial charge in [-0.15, -0.1) is 0 Å². The normalized spacial score (nSPS) is 19.1. The molecule has 1 saturated heterocycles. The zero-order valence-electron chi connectivity index (χ0n) is 36.2. The lowest BCUT2D eigenvalue weighted by Gasteiger charge is -2.33. The molecule has 3 aromatic carbocycles. The minimum Gasteiger partial charge on any atom is -0.449 e. The fraction of sp³-hybridized carbons (Fsp3) is 0.521. The number of piperidine rings is 1. The van der Waals surface area contributed by atoms with Gasteiger partial charge in [-0.05, 0) is 105 Å². The number of amides is 5. The molecule has 1 aliphatic heterocycles. The Morgan fingerprint density at radius 1 is 0.852 bits per heavy atom. The molecule has 61 heavy (non-hydrogen) atoms. The second-order valence-electron chi connectivity index (χ2n) is 17.7. The second-order valence-corrected chi connectivity index (χ2v) is 17.7. The Balaban J connectivity index is 1.03. The topological polar surface area (TPSA) is 178 Å². The van der Waals surface area contributed by atoms with Crippen molar-refractivity contribution in [3.05, 3.63) is 95.1 Å². The lowest BCUT2D eigenvalue weighted by molar-refractivity contribution is -0.142. The number of carbonyl (C=O) groups excluding carboxylic acids is 5. The summed E-state index contributed by atoms with van der Waals surface area (Å²) in [5, 5.41) is 8.77. The van der Waals surface area contributed by atoms with Crippen molar-refractivity contribution in [1.29, 1.82) is 0 Å². The largest absolute Gasteiger partial charge is 0.449 e. The molecule has 0 spiro atoms. The van der Waals surface area contributed by atoms with Gasteiger partial charge in [0.15, 0.2) is 0 Å². The monoisotopic (exact) mass is 837 g/mol. The molecule has 6 atom stereocenters. The molecule has 1 heterocycles. The van der Waals surface area contributed by atoms with Gasteiger partial charge in [0.1, 0.15) is 24.3 Å². The molecular formula is C48H63N5O8. The van der Waals surface area contributed by atoms with Gasteiger partial charge < -0.3 is 40.8 Å². The van der Waals surface area contributed by atoms with Crippen molar-refractivity contribution in [2.75, 3.05) is 19.7 Å². The van der Waals surface area contributed by atoms with Crippen LogP contribution in [0, 0.1) is 11.8 Å². The van der Waals surface area contributed by atoms with Gasteiger partial charge >= 0.3 is 12.2 Å². The van der Waals surface area contributed by atoms with Gasteiger partial charge in [-0.1, -0.05) is 92.6 Å². The molecule has 1 saturated carbocycles. The number of nitrogens with two attached hydrogens (primary N) is 1. The average molecular weight is 838 g/mol. The maximum atomic E-state index is 14.3. The molecule has 2 fully saturated rings. The molecule has 0 unspecified atom stereocenters. The van der Waals surface area contributed by atoms with Gasteiger partial charge in [-0.3, -0.25) is 14.4 Å². The highest BCUT2D eigenvalue weighted by atomic mass is 16.6. The number of likely N-dealkylation sites (tertiary alicyclic amines) is 1. The van der Waals surface area contributed by atoms with E-state index in [-0.39, 0.29) is 55.6 Å². The van der Waals surface area contributed by atoms with Crippen LogP contribution in [0.1, 0.15) is 108 Å². The van der Waals surface area contributed by atoms with Crippen LogP contribution in [0.3, 0.4) is 0 Å². The highest BCUT2D eigenvalue weighted by Crippen LogP contribution is 2.50. The van der Waals surface area contributed by atoms with Crippen LogP contribution in [-0.2, 0) is 41.6 Å². The Kier molecular flexibility index (Phi) is 15.1. The van der Waals surface area contributed by atoms with Crippen molar-refractivity contribution in [2.45, 2.75) is 128 Å². The molecule has 13 nitrogen and oxygen atoms in total. The van der Waals surface area contributed by atoms with Gasteiger partial charge in [-0.2, -0.15) is 0 Å². The third-order valence-electron chi connectivity index (χ3n) is 11.9. The van der Waals surface area contributed by atoms with Crippen LogP contribution in [-0.4, -0.2) is 84.3 Å². The summed E-state index contributed by atoms with van der Waals surface area (Å²) in [6.07, 6.45) is 3.08. The van der Waals surface area contributed by atoms with Gasteiger partial charge in [0, 0.05) is 25.4 Å².